The second kappa shape index (κ2) is 8.65. The molecule has 1 N–H and O–H groups in total. The van der Waals surface area contributed by atoms with E-state index in [0.717, 1.165) is 47.7 Å². The third-order valence-corrected chi connectivity index (χ3v) is 5.46. The molecule has 0 atom stereocenters. The fourth-order valence-electron chi connectivity index (χ4n) is 3.92. The Hall–Kier alpha value is -3.58. The smallest absolute Gasteiger partial charge is 0.246 e. The van der Waals surface area contributed by atoms with Crippen LogP contribution in [0.3, 0.4) is 0 Å². The van der Waals surface area contributed by atoms with Crippen LogP contribution in [-0.2, 0) is 11.2 Å². The zero-order valence-corrected chi connectivity index (χ0v) is 17.5. The van der Waals surface area contributed by atoms with Crippen LogP contribution in [0.25, 0.3) is 11.6 Å². The fraction of sp³-hybridized carbons (Fsp3) is 0.250. The van der Waals surface area contributed by atoms with Gasteiger partial charge >= 0.3 is 0 Å². The number of nitrogens with one attached hydrogen (secondary N) is 1. The first kappa shape index (κ1) is 19.4. The van der Waals surface area contributed by atoms with E-state index >= 15 is 0 Å². The van der Waals surface area contributed by atoms with Gasteiger partial charge in [-0.15, -0.1) is 0 Å². The highest BCUT2D eigenvalue weighted by Gasteiger charge is 2.25. The maximum atomic E-state index is 5.54. The van der Waals surface area contributed by atoms with Crippen molar-refractivity contribution < 1.29 is 4.74 Å². The molecule has 0 unspecified atom stereocenters. The molecule has 3 heterocycles. The molecule has 1 aliphatic carbocycles. The third-order valence-electron chi connectivity index (χ3n) is 5.46. The maximum absolute atomic E-state index is 5.54. The number of hydrogen-bond donors (Lipinski definition) is 1. The van der Waals surface area contributed by atoms with E-state index in [1.54, 1.807) is 12.4 Å². The number of benzene rings is 1. The van der Waals surface area contributed by atoms with Crippen LogP contribution in [-0.4, -0.2) is 47.5 Å². The van der Waals surface area contributed by atoms with Crippen LogP contribution in [0.15, 0.2) is 53.9 Å². The van der Waals surface area contributed by atoms with E-state index in [4.69, 9.17) is 14.7 Å². The molecule has 1 aliphatic heterocycles. The fourth-order valence-corrected chi connectivity index (χ4v) is 3.92. The molecule has 156 valence electrons. The zero-order chi connectivity index (χ0) is 21.0. The van der Waals surface area contributed by atoms with Gasteiger partial charge in [-0.3, -0.25) is 4.98 Å². The van der Waals surface area contributed by atoms with Gasteiger partial charge < -0.3 is 9.64 Å². The lowest BCUT2D eigenvalue weighted by Crippen LogP contribution is -2.37. The molecule has 0 saturated carbocycles. The van der Waals surface area contributed by atoms with E-state index in [9.17, 15) is 0 Å². The number of morpholine rings is 1. The Balaban J connectivity index is 1.45. The van der Waals surface area contributed by atoms with Crippen molar-refractivity contribution in [2.75, 3.05) is 36.6 Å². The first-order chi connectivity index (χ1) is 15.3. The molecule has 1 fully saturated rings. The van der Waals surface area contributed by atoms with Crippen LogP contribution < -0.4 is 10.3 Å². The van der Waals surface area contributed by atoms with E-state index in [1.165, 1.54) is 11.1 Å². The largest absolute Gasteiger partial charge is 0.378 e. The standard InChI is InChI=1S/C24H24N6O/c1-17-4-2-5-18(12-17)15-26-29-24-27-22-14-20(19-6-3-7-25-16-19)13-21(22)23(28-24)30-8-10-31-11-9-30/h2-7,12,14-16H,8-11,13H2,1H3,(H,27,28,29)/b26-15+. The Kier molecular flexibility index (Phi) is 5.41. The number of hydrogen-bond acceptors (Lipinski definition) is 7. The lowest BCUT2D eigenvalue weighted by molar-refractivity contribution is 0.122. The minimum atomic E-state index is 0.493. The van der Waals surface area contributed by atoms with E-state index in [1.807, 2.05) is 24.4 Å². The maximum Gasteiger partial charge on any atom is 0.246 e. The summed E-state index contributed by atoms with van der Waals surface area (Å²) in [5, 5.41) is 4.37. The monoisotopic (exact) mass is 412 g/mol. The van der Waals surface area contributed by atoms with E-state index in [-0.39, 0.29) is 0 Å². The highest BCUT2D eigenvalue weighted by Crippen LogP contribution is 2.36. The molecule has 2 aliphatic rings. The van der Waals surface area contributed by atoms with Gasteiger partial charge in [0.1, 0.15) is 5.82 Å². The lowest BCUT2D eigenvalue weighted by Gasteiger charge is -2.29. The molecule has 0 radical (unpaired) electrons. The minimum absolute atomic E-state index is 0.493. The predicted molar refractivity (Wildman–Crippen MR) is 123 cm³/mol. The third kappa shape index (κ3) is 4.32. The van der Waals surface area contributed by atoms with Gasteiger partial charge in [-0.2, -0.15) is 10.1 Å². The number of aromatic nitrogens is 3. The SMILES string of the molecule is Cc1cccc(/C=N/Nc2nc3c(c(N4CCOCC4)n2)CC(c2cccnc2)=C3)c1. The van der Waals surface area contributed by atoms with Gasteiger partial charge in [0.15, 0.2) is 0 Å². The number of rotatable bonds is 5. The Labute approximate surface area is 181 Å². The molecule has 5 rings (SSSR count). The van der Waals surface area contributed by atoms with Gasteiger partial charge in [0.25, 0.3) is 0 Å². The second-order valence-corrected chi connectivity index (χ2v) is 7.71. The van der Waals surface area contributed by atoms with Crippen LogP contribution in [0.5, 0.6) is 0 Å². The molecular formula is C24H24N6O. The van der Waals surface area contributed by atoms with E-state index < -0.39 is 0 Å². The number of anilines is 2. The Bertz CT molecular complexity index is 1140. The number of aryl methyl sites for hydroxylation is 1. The van der Waals surface area contributed by atoms with Crippen molar-refractivity contribution in [3.05, 3.63) is 76.7 Å². The minimum Gasteiger partial charge on any atom is -0.378 e. The van der Waals surface area contributed by atoms with Crippen molar-refractivity contribution in [1.82, 2.24) is 15.0 Å². The molecule has 0 spiro atoms. The molecule has 1 saturated heterocycles. The lowest BCUT2D eigenvalue weighted by atomic mass is 10.1. The quantitative estimate of drug-likeness (QED) is 0.510. The molecule has 2 aromatic heterocycles. The van der Waals surface area contributed by atoms with Gasteiger partial charge in [-0.1, -0.05) is 35.9 Å². The summed E-state index contributed by atoms with van der Waals surface area (Å²) in [5.41, 5.74) is 9.64. The summed E-state index contributed by atoms with van der Waals surface area (Å²) in [6, 6.07) is 12.2. The summed E-state index contributed by atoms with van der Waals surface area (Å²) >= 11 is 0. The summed E-state index contributed by atoms with van der Waals surface area (Å²) in [4.78, 5) is 16.1. The normalized spacial score (nSPS) is 15.8. The predicted octanol–water partition coefficient (Wildman–Crippen LogP) is 3.56. The molecule has 7 heteroatoms. The average Bonchev–Trinajstić information content (AvgIpc) is 3.24. The van der Waals surface area contributed by atoms with Crippen LogP contribution in [0.1, 0.15) is 27.9 Å². The second-order valence-electron chi connectivity index (χ2n) is 7.71. The van der Waals surface area contributed by atoms with Crippen molar-refractivity contribution in [2.24, 2.45) is 5.10 Å². The Morgan fingerprint density at radius 3 is 2.84 bits per heavy atom. The van der Waals surface area contributed by atoms with Crippen LogP contribution in [0.2, 0.25) is 0 Å². The van der Waals surface area contributed by atoms with Gasteiger partial charge in [0.2, 0.25) is 5.95 Å². The molecule has 1 aromatic carbocycles. The van der Waals surface area contributed by atoms with Gasteiger partial charge in [-0.25, -0.2) is 10.4 Å². The summed E-state index contributed by atoms with van der Waals surface area (Å²) < 4.78 is 5.54. The number of fused-ring (bicyclic) bond motifs is 1. The van der Waals surface area contributed by atoms with E-state index in [2.05, 4.69) is 51.6 Å². The van der Waals surface area contributed by atoms with Crippen LogP contribution in [0, 0.1) is 6.92 Å². The van der Waals surface area contributed by atoms with Crippen LogP contribution >= 0.6 is 0 Å². The van der Waals surface area contributed by atoms with Crippen molar-refractivity contribution in [2.45, 2.75) is 13.3 Å². The molecule has 0 bridgehead atoms. The molecule has 7 nitrogen and oxygen atoms in total. The molecule has 31 heavy (non-hydrogen) atoms. The highest BCUT2D eigenvalue weighted by molar-refractivity contribution is 5.89. The summed E-state index contributed by atoms with van der Waals surface area (Å²) in [5.74, 6) is 1.45. The summed E-state index contributed by atoms with van der Waals surface area (Å²) in [7, 11) is 0. The molecule has 0 amide bonds. The highest BCUT2D eigenvalue weighted by atomic mass is 16.5. The zero-order valence-electron chi connectivity index (χ0n) is 17.5. The van der Waals surface area contributed by atoms with Gasteiger partial charge in [0.05, 0.1) is 25.1 Å². The van der Waals surface area contributed by atoms with E-state index in [0.29, 0.717) is 19.2 Å². The number of pyridine rings is 1. The summed E-state index contributed by atoms with van der Waals surface area (Å²) in [6.45, 7) is 5.11. The first-order valence-electron chi connectivity index (χ1n) is 10.5. The Morgan fingerprint density at radius 2 is 2.03 bits per heavy atom. The van der Waals surface area contributed by atoms with Crippen molar-refractivity contribution in [1.29, 1.82) is 0 Å². The average molecular weight is 412 g/mol. The summed E-state index contributed by atoms with van der Waals surface area (Å²) in [6.07, 6.45) is 8.40. The molecular weight excluding hydrogens is 388 g/mol. The number of allylic oxidation sites excluding steroid dienone is 1. The Morgan fingerprint density at radius 1 is 1.13 bits per heavy atom. The van der Waals surface area contributed by atoms with Crippen molar-refractivity contribution in [3.8, 4) is 0 Å². The van der Waals surface area contributed by atoms with Crippen molar-refractivity contribution >= 4 is 29.6 Å². The number of hydrazone groups is 1. The number of nitrogens with zero attached hydrogens (tertiary/aromatic N) is 5. The van der Waals surface area contributed by atoms with Crippen molar-refractivity contribution in [3.63, 3.8) is 0 Å². The van der Waals surface area contributed by atoms with Gasteiger partial charge in [0, 0.05) is 37.5 Å². The topological polar surface area (TPSA) is 75.5 Å². The molecule has 3 aromatic rings. The van der Waals surface area contributed by atoms with Gasteiger partial charge in [-0.05, 0) is 35.8 Å². The number of ether oxygens (including phenoxy) is 1. The first-order valence-corrected chi connectivity index (χ1v) is 10.5. The van der Waals surface area contributed by atoms with Crippen LogP contribution in [0.4, 0.5) is 11.8 Å².